The number of carboxylic acids is 1. The molecule has 2 unspecified atom stereocenters. The van der Waals surface area contributed by atoms with Crippen molar-refractivity contribution in [3.05, 3.63) is 35.1 Å². The van der Waals surface area contributed by atoms with Gasteiger partial charge in [-0.1, -0.05) is 25.5 Å². The van der Waals surface area contributed by atoms with Gasteiger partial charge in [0.1, 0.15) is 5.82 Å². The highest BCUT2D eigenvalue weighted by molar-refractivity contribution is 5.85. The number of benzene rings is 1. The second-order valence-electron chi connectivity index (χ2n) is 6.98. The summed E-state index contributed by atoms with van der Waals surface area (Å²) in [6.45, 7) is 2.04. The van der Waals surface area contributed by atoms with Crippen LogP contribution in [0.25, 0.3) is 0 Å². The Morgan fingerprint density at radius 3 is 2.74 bits per heavy atom. The summed E-state index contributed by atoms with van der Waals surface area (Å²) in [5.74, 6) is -1.16. The molecule has 4 nitrogen and oxygen atoms in total. The number of halogens is 1. The number of carboxylic acid groups (broad SMARTS) is 1. The van der Waals surface area contributed by atoms with Crippen LogP contribution in [0.4, 0.5) is 4.39 Å². The van der Waals surface area contributed by atoms with Gasteiger partial charge in [-0.2, -0.15) is 0 Å². The van der Waals surface area contributed by atoms with E-state index in [1.165, 1.54) is 6.07 Å². The van der Waals surface area contributed by atoms with E-state index in [9.17, 15) is 19.1 Å². The molecule has 2 N–H and O–H groups in total. The average Bonchev–Trinajstić information content (AvgIpc) is 2.46. The SMILES string of the molecule is CC1CCc2c(F)cccc2C1NC(=O)CC1(C(=O)O)CCC1. The average molecular weight is 319 g/mol. The number of fused-ring (bicyclic) bond motifs is 1. The fourth-order valence-electron chi connectivity index (χ4n) is 3.80. The van der Waals surface area contributed by atoms with Gasteiger partial charge >= 0.3 is 5.97 Å². The molecule has 2 aliphatic carbocycles. The van der Waals surface area contributed by atoms with Gasteiger partial charge in [-0.3, -0.25) is 9.59 Å². The van der Waals surface area contributed by atoms with Crippen LogP contribution in [0.5, 0.6) is 0 Å². The molecule has 0 spiro atoms. The van der Waals surface area contributed by atoms with E-state index in [4.69, 9.17) is 0 Å². The van der Waals surface area contributed by atoms with Crippen LogP contribution >= 0.6 is 0 Å². The summed E-state index contributed by atoms with van der Waals surface area (Å²) < 4.78 is 14.0. The van der Waals surface area contributed by atoms with Crippen LogP contribution < -0.4 is 5.32 Å². The van der Waals surface area contributed by atoms with Crippen molar-refractivity contribution in [3.8, 4) is 0 Å². The molecule has 0 bridgehead atoms. The zero-order valence-corrected chi connectivity index (χ0v) is 13.3. The zero-order chi connectivity index (χ0) is 16.6. The number of nitrogens with one attached hydrogen (secondary N) is 1. The largest absolute Gasteiger partial charge is 0.481 e. The summed E-state index contributed by atoms with van der Waals surface area (Å²) in [5.41, 5.74) is 0.606. The fourth-order valence-corrected chi connectivity index (χ4v) is 3.80. The normalized spacial score (nSPS) is 25.1. The molecule has 124 valence electrons. The van der Waals surface area contributed by atoms with Crippen LogP contribution in [0.1, 0.15) is 56.2 Å². The van der Waals surface area contributed by atoms with E-state index in [0.29, 0.717) is 24.8 Å². The number of hydrogen-bond acceptors (Lipinski definition) is 2. The van der Waals surface area contributed by atoms with Crippen molar-refractivity contribution in [1.29, 1.82) is 0 Å². The zero-order valence-electron chi connectivity index (χ0n) is 13.3. The lowest BCUT2D eigenvalue weighted by Crippen LogP contribution is -2.44. The molecule has 2 aliphatic rings. The predicted octanol–water partition coefficient (Wildman–Crippen LogP) is 3.21. The second-order valence-corrected chi connectivity index (χ2v) is 6.98. The van der Waals surface area contributed by atoms with Gasteiger partial charge in [0.2, 0.25) is 5.91 Å². The van der Waals surface area contributed by atoms with E-state index >= 15 is 0 Å². The molecule has 5 heteroatoms. The van der Waals surface area contributed by atoms with E-state index in [1.807, 2.05) is 13.0 Å². The highest BCUT2D eigenvalue weighted by atomic mass is 19.1. The van der Waals surface area contributed by atoms with E-state index in [1.54, 1.807) is 6.07 Å². The highest BCUT2D eigenvalue weighted by Gasteiger charge is 2.46. The molecular weight excluding hydrogens is 297 g/mol. The smallest absolute Gasteiger partial charge is 0.310 e. The Hall–Kier alpha value is -1.91. The summed E-state index contributed by atoms with van der Waals surface area (Å²) in [5, 5.41) is 12.3. The van der Waals surface area contributed by atoms with Crippen molar-refractivity contribution in [2.45, 2.75) is 51.5 Å². The third-order valence-electron chi connectivity index (χ3n) is 5.49. The molecule has 0 aromatic heterocycles. The number of hydrogen-bond donors (Lipinski definition) is 2. The molecule has 23 heavy (non-hydrogen) atoms. The maximum Gasteiger partial charge on any atom is 0.310 e. The van der Waals surface area contributed by atoms with Crippen LogP contribution in [-0.2, 0) is 16.0 Å². The topological polar surface area (TPSA) is 66.4 Å². The van der Waals surface area contributed by atoms with Crippen molar-refractivity contribution in [1.82, 2.24) is 5.32 Å². The van der Waals surface area contributed by atoms with Gasteiger partial charge in [-0.15, -0.1) is 0 Å². The molecule has 0 aliphatic heterocycles. The minimum absolute atomic E-state index is 0.0101. The van der Waals surface area contributed by atoms with Crippen molar-refractivity contribution < 1.29 is 19.1 Å². The lowest BCUT2D eigenvalue weighted by Gasteiger charge is -2.38. The first-order valence-electron chi connectivity index (χ1n) is 8.23. The van der Waals surface area contributed by atoms with Gasteiger partial charge in [-0.25, -0.2) is 4.39 Å². The van der Waals surface area contributed by atoms with Gasteiger partial charge in [0.15, 0.2) is 0 Å². The molecule has 1 saturated carbocycles. The number of rotatable bonds is 4. The molecule has 0 heterocycles. The maximum atomic E-state index is 14.0. The van der Waals surface area contributed by atoms with Gasteiger partial charge in [0.25, 0.3) is 0 Å². The van der Waals surface area contributed by atoms with Crippen LogP contribution in [0, 0.1) is 17.2 Å². The van der Waals surface area contributed by atoms with Crippen LogP contribution in [-0.4, -0.2) is 17.0 Å². The van der Waals surface area contributed by atoms with Gasteiger partial charge in [0.05, 0.1) is 11.5 Å². The number of aliphatic carboxylic acids is 1. The van der Waals surface area contributed by atoms with Crippen molar-refractivity contribution in [2.75, 3.05) is 0 Å². The first-order valence-corrected chi connectivity index (χ1v) is 8.23. The summed E-state index contributed by atoms with van der Waals surface area (Å²) in [6.07, 6.45) is 3.46. The molecule has 1 amide bonds. The first-order chi connectivity index (χ1) is 10.9. The predicted molar refractivity (Wildman–Crippen MR) is 83.3 cm³/mol. The molecular formula is C18H22FNO3. The minimum Gasteiger partial charge on any atom is -0.481 e. The molecule has 1 aromatic carbocycles. The van der Waals surface area contributed by atoms with Gasteiger partial charge in [0, 0.05) is 6.42 Å². The van der Waals surface area contributed by atoms with Crippen molar-refractivity contribution >= 4 is 11.9 Å². The van der Waals surface area contributed by atoms with Crippen molar-refractivity contribution in [2.24, 2.45) is 11.3 Å². The van der Waals surface area contributed by atoms with Gasteiger partial charge in [-0.05, 0) is 48.8 Å². The summed E-state index contributed by atoms with van der Waals surface area (Å²) in [4.78, 5) is 23.8. The quantitative estimate of drug-likeness (QED) is 0.895. The molecule has 0 radical (unpaired) electrons. The van der Waals surface area contributed by atoms with Crippen LogP contribution in [0.3, 0.4) is 0 Å². The second kappa shape index (κ2) is 5.95. The molecule has 3 rings (SSSR count). The van der Waals surface area contributed by atoms with E-state index in [-0.39, 0.29) is 30.1 Å². The Morgan fingerprint density at radius 2 is 2.13 bits per heavy atom. The Kier molecular flexibility index (Phi) is 4.13. The molecule has 1 aromatic rings. The van der Waals surface area contributed by atoms with Crippen LogP contribution in [0.2, 0.25) is 0 Å². The summed E-state index contributed by atoms with van der Waals surface area (Å²) in [6, 6.07) is 4.72. The number of carbonyl (C=O) groups is 2. The third-order valence-corrected chi connectivity index (χ3v) is 5.49. The lowest BCUT2D eigenvalue weighted by atomic mass is 9.66. The standard InChI is InChI=1S/C18H22FNO3/c1-11-6-7-12-13(4-2-5-14(12)19)16(11)20-15(21)10-18(17(22)23)8-3-9-18/h2,4-5,11,16H,3,6-10H2,1H3,(H,20,21)(H,22,23). The Labute approximate surface area is 135 Å². The van der Waals surface area contributed by atoms with E-state index in [0.717, 1.165) is 18.4 Å². The lowest BCUT2D eigenvalue weighted by molar-refractivity contribution is -0.157. The van der Waals surface area contributed by atoms with E-state index < -0.39 is 11.4 Å². The Balaban J connectivity index is 1.76. The van der Waals surface area contributed by atoms with Crippen LogP contribution in [0.15, 0.2) is 18.2 Å². The summed E-state index contributed by atoms with van der Waals surface area (Å²) in [7, 11) is 0. The molecule has 2 atom stereocenters. The number of carbonyl (C=O) groups excluding carboxylic acids is 1. The maximum absolute atomic E-state index is 14.0. The highest BCUT2D eigenvalue weighted by Crippen LogP contribution is 2.44. The monoisotopic (exact) mass is 319 g/mol. The summed E-state index contributed by atoms with van der Waals surface area (Å²) >= 11 is 0. The number of amides is 1. The molecule has 0 saturated heterocycles. The first kappa shape index (κ1) is 16.0. The molecule has 1 fully saturated rings. The van der Waals surface area contributed by atoms with Crippen molar-refractivity contribution in [3.63, 3.8) is 0 Å². The van der Waals surface area contributed by atoms with Gasteiger partial charge < -0.3 is 10.4 Å². The fraction of sp³-hybridized carbons (Fsp3) is 0.556. The Bertz CT molecular complexity index is 639. The van der Waals surface area contributed by atoms with E-state index in [2.05, 4.69) is 5.32 Å². The Morgan fingerprint density at radius 1 is 1.39 bits per heavy atom. The minimum atomic E-state index is -0.896. The third kappa shape index (κ3) is 2.84.